The van der Waals surface area contributed by atoms with Crippen LogP contribution in [0, 0.1) is 3.57 Å². The van der Waals surface area contributed by atoms with Crippen LogP contribution in [0.3, 0.4) is 0 Å². The van der Waals surface area contributed by atoms with Crippen molar-refractivity contribution >= 4 is 45.5 Å². The predicted molar refractivity (Wildman–Crippen MR) is 97.6 cm³/mol. The van der Waals surface area contributed by atoms with Crippen molar-refractivity contribution in [2.24, 2.45) is 0 Å². The first-order valence-corrected chi connectivity index (χ1v) is 8.55. The maximum Gasteiger partial charge on any atom is 0.238 e. The quantitative estimate of drug-likeness (QED) is 0.551. The number of thiophene rings is 1. The Labute approximate surface area is 142 Å². The maximum absolute atomic E-state index is 12.2. The van der Waals surface area contributed by atoms with Crippen LogP contribution < -0.4 is 5.32 Å². The van der Waals surface area contributed by atoms with Gasteiger partial charge in [-0.05, 0) is 46.2 Å². The average molecular weight is 412 g/mol. The van der Waals surface area contributed by atoms with Gasteiger partial charge in [0.15, 0.2) is 0 Å². The number of carbonyl (C=O) groups is 1. The van der Waals surface area contributed by atoms with Crippen LogP contribution >= 0.6 is 33.9 Å². The summed E-state index contributed by atoms with van der Waals surface area (Å²) in [4.78, 5) is 15.5. The summed E-state index contributed by atoms with van der Waals surface area (Å²) < 4.78 is 1.04. The van der Waals surface area contributed by atoms with E-state index in [0.29, 0.717) is 13.1 Å². The molecule has 2 rings (SSSR count). The van der Waals surface area contributed by atoms with Gasteiger partial charge in [-0.15, -0.1) is 17.9 Å². The van der Waals surface area contributed by atoms with Crippen molar-refractivity contribution in [2.75, 3.05) is 18.4 Å². The summed E-state index contributed by atoms with van der Waals surface area (Å²) in [6.07, 6.45) is 1.83. The number of hydrogen-bond acceptors (Lipinski definition) is 3. The minimum absolute atomic E-state index is 0.00229. The van der Waals surface area contributed by atoms with Crippen LogP contribution in [0.15, 0.2) is 54.4 Å². The van der Waals surface area contributed by atoms with E-state index in [-0.39, 0.29) is 5.91 Å². The third kappa shape index (κ3) is 5.26. The highest BCUT2D eigenvalue weighted by Gasteiger charge is 2.11. The number of anilines is 1. The van der Waals surface area contributed by atoms with Crippen LogP contribution in [0.2, 0.25) is 0 Å². The lowest BCUT2D eigenvalue weighted by Gasteiger charge is -2.19. The van der Waals surface area contributed by atoms with Crippen molar-refractivity contribution in [3.05, 3.63) is 62.9 Å². The highest BCUT2D eigenvalue weighted by atomic mass is 127. The number of nitrogens with zero attached hydrogens (tertiary/aromatic N) is 1. The standard InChI is InChI=1S/C16H17IN2OS/c1-2-9-19(11-13-6-5-10-21-13)12-16(20)18-15-8-4-3-7-14(15)17/h2-8,10H,1,9,11-12H2,(H,18,20). The zero-order chi connectivity index (χ0) is 15.1. The second-order valence-electron chi connectivity index (χ2n) is 4.57. The van der Waals surface area contributed by atoms with E-state index in [0.717, 1.165) is 15.8 Å². The first-order valence-electron chi connectivity index (χ1n) is 6.59. The summed E-state index contributed by atoms with van der Waals surface area (Å²) >= 11 is 3.92. The van der Waals surface area contributed by atoms with Crippen LogP contribution in [0.1, 0.15) is 4.88 Å². The van der Waals surface area contributed by atoms with E-state index in [9.17, 15) is 4.79 Å². The molecule has 2 aromatic rings. The molecule has 1 heterocycles. The minimum atomic E-state index is -0.00229. The SMILES string of the molecule is C=CCN(CC(=O)Nc1ccccc1I)Cc1cccs1. The van der Waals surface area contributed by atoms with Crippen molar-refractivity contribution < 1.29 is 4.79 Å². The van der Waals surface area contributed by atoms with Crippen LogP contribution in [0.25, 0.3) is 0 Å². The molecule has 0 spiro atoms. The van der Waals surface area contributed by atoms with Gasteiger partial charge in [0, 0.05) is 21.5 Å². The van der Waals surface area contributed by atoms with E-state index in [2.05, 4.69) is 45.5 Å². The number of carbonyl (C=O) groups excluding carboxylic acids is 1. The number of para-hydroxylation sites is 1. The summed E-state index contributed by atoms with van der Waals surface area (Å²) in [5.74, 6) is -0.00229. The Bertz CT molecular complexity index is 598. The van der Waals surface area contributed by atoms with E-state index in [1.54, 1.807) is 11.3 Å². The highest BCUT2D eigenvalue weighted by Crippen LogP contribution is 2.17. The van der Waals surface area contributed by atoms with Crippen LogP contribution in [-0.2, 0) is 11.3 Å². The Morgan fingerprint density at radius 3 is 2.81 bits per heavy atom. The van der Waals surface area contributed by atoms with Crippen molar-refractivity contribution in [1.29, 1.82) is 0 Å². The fraction of sp³-hybridized carbons (Fsp3) is 0.188. The molecule has 0 radical (unpaired) electrons. The van der Waals surface area contributed by atoms with Gasteiger partial charge in [0.05, 0.1) is 12.2 Å². The molecule has 0 aliphatic heterocycles. The van der Waals surface area contributed by atoms with Crippen molar-refractivity contribution in [1.82, 2.24) is 4.90 Å². The lowest BCUT2D eigenvalue weighted by atomic mass is 10.3. The molecular weight excluding hydrogens is 395 g/mol. The number of halogens is 1. The Hall–Kier alpha value is -1.18. The van der Waals surface area contributed by atoms with Gasteiger partial charge in [0.2, 0.25) is 5.91 Å². The highest BCUT2D eigenvalue weighted by molar-refractivity contribution is 14.1. The summed E-state index contributed by atoms with van der Waals surface area (Å²) in [5.41, 5.74) is 0.859. The van der Waals surface area contributed by atoms with Crippen LogP contribution in [0.5, 0.6) is 0 Å². The van der Waals surface area contributed by atoms with E-state index in [1.807, 2.05) is 41.8 Å². The number of amides is 1. The third-order valence-corrected chi connectivity index (χ3v) is 4.66. The summed E-state index contributed by atoms with van der Waals surface area (Å²) in [6, 6.07) is 11.9. The van der Waals surface area contributed by atoms with Gasteiger partial charge >= 0.3 is 0 Å². The number of rotatable bonds is 7. The van der Waals surface area contributed by atoms with Gasteiger partial charge in [-0.25, -0.2) is 0 Å². The molecule has 0 saturated heterocycles. The predicted octanol–water partition coefficient (Wildman–Crippen LogP) is 3.98. The molecule has 5 heteroatoms. The summed E-state index contributed by atoms with van der Waals surface area (Å²) in [5, 5.41) is 5.01. The van der Waals surface area contributed by atoms with Gasteiger partial charge < -0.3 is 5.32 Å². The molecular formula is C16H17IN2OS. The fourth-order valence-corrected chi connectivity index (χ4v) is 3.21. The topological polar surface area (TPSA) is 32.3 Å². The average Bonchev–Trinajstić information content (AvgIpc) is 2.94. The third-order valence-electron chi connectivity index (χ3n) is 2.86. The molecule has 0 saturated carbocycles. The zero-order valence-corrected chi connectivity index (χ0v) is 14.6. The number of benzene rings is 1. The van der Waals surface area contributed by atoms with E-state index >= 15 is 0 Å². The molecule has 21 heavy (non-hydrogen) atoms. The lowest BCUT2D eigenvalue weighted by molar-refractivity contribution is -0.117. The first kappa shape index (κ1) is 16.2. The lowest BCUT2D eigenvalue weighted by Crippen LogP contribution is -2.33. The Morgan fingerprint density at radius 2 is 2.14 bits per heavy atom. The number of hydrogen-bond donors (Lipinski definition) is 1. The van der Waals surface area contributed by atoms with Gasteiger partial charge in [0.1, 0.15) is 0 Å². The molecule has 0 bridgehead atoms. The zero-order valence-electron chi connectivity index (χ0n) is 11.6. The smallest absolute Gasteiger partial charge is 0.238 e. The molecule has 0 aliphatic rings. The molecule has 110 valence electrons. The molecule has 0 atom stereocenters. The van der Waals surface area contributed by atoms with E-state index in [1.165, 1.54) is 4.88 Å². The maximum atomic E-state index is 12.2. The van der Waals surface area contributed by atoms with E-state index < -0.39 is 0 Å². The summed E-state index contributed by atoms with van der Waals surface area (Å²) in [6.45, 7) is 5.58. The van der Waals surface area contributed by atoms with Crippen molar-refractivity contribution in [2.45, 2.75) is 6.54 Å². The van der Waals surface area contributed by atoms with Gasteiger partial charge in [-0.1, -0.05) is 24.3 Å². The molecule has 3 nitrogen and oxygen atoms in total. The summed E-state index contributed by atoms with van der Waals surface area (Å²) in [7, 11) is 0. The van der Waals surface area contributed by atoms with Crippen LogP contribution in [0.4, 0.5) is 5.69 Å². The Balaban J connectivity index is 1.95. The monoisotopic (exact) mass is 412 g/mol. The second kappa shape index (κ2) is 8.31. The molecule has 0 aliphatic carbocycles. The van der Waals surface area contributed by atoms with Gasteiger partial charge in [0.25, 0.3) is 0 Å². The largest absolute Gasteiger partial charge is 0.324 e. The molecule has 1 N–H and O–H groups in total. The first-order chi connectivity index (χ1) is 10.2. The van der Waals surface area contributed by atoms with Crippen LogP contribution in [-0.4, -0.2) is 23.9 Å². The molecule has 0 fully saturated rings. The molecule has 0 unspecified atom stereocenters. The minimum Gasteiger partial charge on any atom is -0.324 e. The fourth-order valence-electron chi connectivity index (χ4n) is 1.95. The second-order valence-corrected chi connectivity index (χ2v) is 6.76. The van der Waals surface area contributed by atoms with Gasteiger partial charge in [-0.3, -0.25) is 9.69 Å². The molecule has 1 aromatic carbocycles. The van der Waals surface area contributed by atoms with Crippen molar-refractivity contribution in [3.8, 4) is 0 Å². The normalized spacial score (nSPS) is 10.6. The van der Waals surface area contributed by atoms with Gasteiger partial charge in [-0.2, -0.15) is 0 Å². The number of nitrogens with one attached hydrogen (secondary N) is 1. The van der Waals surface area contributed by atoms with E-state index in [4.69, 9.17) is 0 Å². The molecule has 1 amide bonds. The van der Waals surface area contributed by atoms with Crippen molar-refractivity contribution in [3.63, 3.8) is 0 Å². The Morgan fingerprint density at radius 1 is 1.33 bits per heavy atom. The Kier molecular flexibility index (Phi) is 6.41. The molecule has 1 aromatic heterocycles.